The number of fused-ring (bicyclic) bond motifs is 1. The molecule has 0 N–H and O–H groups in total. The van der Waals surface area contributed by atoms with Gasteiger partial charge in [0.05, 0.1) is 11.1 Å². The van der Waals surface area contributed by atoms with Crippen molar-refractivity contribution in [2.45, 2.75) is 52.1 Å². The van der Waals surface area contributed by atoms with Crippen molar-refractivity contribution < 1.29 is 14.3 Å². The average Bonchev–Trinajstić information content (AvgIpc) is 2.75. The van der Waals surface area contributed by atoms with Crippen LogP contribution in [0.3, 0.4) is 0 Å². The molecule has 4 heteroatoms. The fourth-order valence-electron chi connectivity index (χ4n) is 3.42. The number of hydrogen-bond acceptors (Lipinski definition) is 3. The molecule has 0 radical (unpaired) electrons. The molecule has 0 fully saturated rings. The van der Waals surface area contributed by atoms with Crippen LogP contribution in [0.2, 0.25) is 0 Å². The largest absolute Gasteiger partial charge is 0.443 e. The molecule has 2 aromatic rings. The Morgan fingerprint density at radius 3 is 2.38 bits per heavy atom. The molecule has 26 heavy (non-hydrogen) atoms. The molecule has 0 bridgehead atoms. The predicted octanol–water partition coefficient (Wildman–Crippen LogP) is 4.78. The summed E-state index contributed by atoms with van der Waals surface area (Å²) in [5.41, 5.74) is 2.13. The minimum atomic E-state index is -0.806. The van der Waals surface area contributed by atoms with E-state index in [4.69, 9.17) is 4.74 Å². The zero-order valence-electron chi connectivity index (χ0n) is 16.0. The number of carbonyl (C=O) groups excluding carboxylic acids is 2. The van der Waals surface area contributed by atoms with Crippen LogP contribution in [0.5, 0.6) is 0 Å². The molecule has 1 atom stereocenters. The number of ether oxygens (including phenoxy) is 1. The summed E-state index contributed by atoms with van der Waals surface area (Å²) in [4.78, 5) is 27.3. The van der Waals surface area contributed by atoms with Crippen molar-refractivity contribution >= 4 is 17.7 Å². The fraction of sp³-hybridized carbons (Fsp3) is 0.364. The number of rotatable bonds is 2. The maximum atomic E-state index is 13.4. The summed E-state index contributed by atoms with van der Waals surface area (Å²) in [7, 11) is 0. The highest BCUT2D eigenvalue weighted by atomic mass is 16.6. The standard InChI is InChI=1S/C22H25NO3/c1-15-11-12-18-17(13-15)22(5,14-16-9-7-6-8-10-16)19(24)23(18)20(25)26-21(2,3)4/h6-13H,14H2,1-5H3/t22-/m1/s1. The Hall–Kier alpha value is -2.62. The molecule has 0 aromatic heterocycles. The van der Waals surface area contributed by atoms with E-state index in [1.165, 1.54) is 4.90 Å². The van der Waals surface area contributed by atoms with Gasteiger partial charge in [0.15, 0.2) is 0 Å². The van der Waals surface area contributed by atoms with E-state index in [2.05, 4.69) is 0 Å². The van der Waals surface area contributed by atoms with E-state index in [1.807, 2.05) is 62.4 Å². The molecular formula is C22H25NO3. The van der Waals surface area contributed by atoms with Crippen LogP contribution in [0.25, 0.3) is 0 Å². The Kier molecular flexibility index (Phi) is 4.39. The van der Waals surface area contributed by atoms with E-state index in [0.29, 0.717) is 12.1 Å². The molecule has 0 aliphatic carbocycles. The molecule has 1 aliphatic rings. The first-order chi connectivity index (χ1) is 12.1. The highest BCUT2D eigenvalue weighted by molar-refractivity contribution is 6.21. The van der Waals surface area contributed by atoms with Crippen molar-refractivity contribution in [1.82, 2.24) is 0 Å². The van der Waals surface area contributed by atoms with Gasteiger partial charge in [-0.2, -0.15) is 0 Å². The van der Waals surface area contributed by atoms with E-state index in [0.717, 1.165) is 16.7 Å². The molecule has 1 heterocycles. The maximum Gasteiger partial charge on any atom is 0.421 e. The Morgan fingerprint density at radius 1 is 1.12 bits per heavy atom. The van der Waals surface area contributed by atoms with Crippen LogP contribution in [0.4, 0.5) is 10.5 Å². The topological polar surface area (TPSA) is 46.6 Å². The lowest BCUT2D eigenvalue weighted by atomic mass is 9.78. The minimum Gasteiger partial charge on any atom is -0.443 e. The molecule has 1 aliphatic heterocycles. The Labute approximate surface area is 154 Å². The second-order valence-corrected chi connectivity index (χ2v) is 8.14. The van der Waals surface area contributed by atoms with Gasteiger partial charge in [-0.15, -0.1) is 0 Å². The molecule has 2 aromatic carbocycles. The van der Waals surface area contributed by atoms with Gasteiger partial charge in [-0.3, -0.25) is 4.79 Å². The summed E-state index contributed by atoms with van der Waals surface area (Å²) in [5.74, 6) is -0.240. The molecule has 0 saturated carbocycles. The molecule has 0 spiro atoms. The Bertz CT molecular complexity index is 851. The first kappa shape index (κ1) is 18.2. The van der Waals surface area contributed by atoms with Gasteiger partial charge >= 0.3 is 6.09 Å². The van der Waals surface area contributed by atoms with E-state index in [9.17, 15) is 9.59 Å². The Morgan fingerprint density at radius 2 is 1.77 bits per heavy atom. The monoisotopic (exact) mass is 351 g/mol. The quantitative estimate of drug-likeness (QED) is 0.782. The number of imide groups is 1. The summed E-state index contributed by atoms with van der Waals surface area (Å²) in [6, 6.07) is 15.6. The van der Waals surface area contributed by atoms with Crippen molar-refractivity contribution in [3.63, 3.8) is 0 Å². The summed E-state index contributed by atoms with van der Waals surface area (Å²) in [5, 5.41) is 0. The molecule has 136 valence electrons. The molecule has 2 amide bonds. The number of carbonyl (C=O) groups is 2. The van der Waals surface area contributed by atoms with E-state index < -0.39 is 17.1 Å². The molecule has 3 rings (SSSR count). The van der Waals surface area contributed by atoms with Crippen LogP contribution < -0.4 is 4.90 Å². The van der Waals surface area contributed by atoms with Gasteiger partial charge in [-0.1, -0.05) is 48.0 Å². The first-order valence-electron chi connectivity index (χ1n) is 8.84. The highest BCUT2D eigenvalue weighted by Gasteiger charge is 2.50. The normalized spacial score (nSPS) is 19.4. The molecular weight excluding hydrogens is 326 g/mol. The number of benzene rings is 2. The van der Waals surface area contributed by atoms with Crippen molar-refractivity contribution in [2.24, 2.45) is 0 Å². The van der Waals surface area contributed by atoms with Gasteiger partial charge in [-0.05, 0) is 58.2 Å². The lowest BCUT2D eigenvalue weighted by molar-refractivity contribution is -0.122. The Balaban J connectivity index is 2.06. The zero-order valence-corrected chi connectivity index (χ0v) is 16.0. The number of anilines is 1. The van der Waals surface area contributed by atoms with E-state index in [1.54, 1.807) is 20.8 Å². The van der Waals surface area contributed by atoms with Gasteiger partial charge in [0, 0.05) is 0 Å². The van der Waals surface area contributed by atoms with Crippen LogP contribution in [-0.4, -0.2) is 17.6 Å². The third-order valence-electron chi connectivity index (χ3n) is 4.64. The minimum absolute atomic E-state index is 0.240. The van der Waals surface area contributed by atoms with Crippen LogP contribution >= 0.6 is 0 Å². The lowest BCUT2D eigenvalue weighted by Gasteiger charge is -2.26. The number of hydrogen-bond donors (Lipinski definition) is 0. The maximum absolute atomic E-state index is 13.4. The summed E-state index contributed by atoms with van der Waals surface area (Å²) in [6.45, 7) is 9.29. The average molecular weight is 351 g/mol. The van der Waals surface area contributed by atoms with Gasteiger partial charge in [-0.25, -0.2) is 9.69 Å². The number of amides is 2. The first-order valence-corrected chi connectivity index (χ1v) is 8.84. The van der Waals surface area contributed by atoms with Gasteiger partial charge in [0.25, 0.3) is 0 Å². The third kappa shape index (κ3) is 3.24. The second-order valence-electron chi connectivity index (χ2n) is 8.14. The van der Waals surface area contributed by atoms with Crippen molar-refractivity contribution in [3.05, 3.63) is 65.2 Å². The highest BCUT2D eigenvalue weighted by Crippen LogP contribution is 2.44. The van der Waals surface area contributed by atoms with Crippen molar-refractivity contribution in [2.75, 3.05) is 4.90 Å². The van der Waals surface area contributed by atoms with Gasteiger partial charge in [0.2, 0.25) is 5.91 Å². The van der Waals surface area contributed by atoms with Crippen molar-refractivity contribution in [3.8, 4) is 0 Å². The van der Waals surface area contributed by atoms with Gasteiger partial charge < -0.3 is 4.74 Å². The van der Waals surface area contributed by atoms with Crippen LogP contribution in [0.15, 0.2) is 48.5 Å². The number of aryl methyl sites for hydroxylation is 1. The van der Waals surface area contributed by atoms with Crippen molar-refractivity contribution in [1.29, 1.82) is 0 Å². The molecule has 0 saturated heterocycles. The van der Waals surface area contributed by atoms with E-state index >= 15 is 0 Å². The smallest absolute Gasteiger partial charge is 0.421 e. The van der Waals surface area contributed by atoms with Crippen LogP contribution in [-0.2, 0) is 21.4 Å². The zero-order chi connectivity index (χ0) is 19.1. The van der Waals surface area contributed by atoms with Crippen LogP contribution in [0, 0.1) is 6.92 Å². The second kappa shape index (κ2) is 6.27. The van der Waals surface area contributed by atoms with Gasteiger partial charge in [0.1, 0.15) is 5.60 Å². The van der Waals surface area contributed by atoms with E-state index in [-0.39, 0.29) is 5.91 Å². The summed E-state index contributed by atoms with van der Waals surface area (Å²) in [6.07, 6.45) is -0.0908. The SMILES string of the molecule is Cc1ccc2c(c1)[C@@](C)(Cc1ccccc1)C(=O)N2C(=O)OC(C)(C)C. The predicted molar refractivity (Wildman–Crippen MR) is 102 cm³/mol. The molecule has 0 unspecified atom stereocenters. The third-order valence-corrected chi connectivity index (χ3v) is 4.64. The van der Waals surface area contributed by atoms with Crippen LogP contribution in [0.1, 0.15) is 44.4 Å². The number of nitrogens with zero attached hydrogens (tertiary/aromatic N) is 1. The molecule has 4 nitrogen and oxygen atoms in total. The summed E-state index contributed by atoms with van der Waals surface area (Å²) >= 11 is 0. The fourth-order valence-corrected chi connectivity index (χ4v) is 3.42. The summed E-state index contributed by atoms with van der Waals surface area (Å²) < 4.78 is 5.49. The lowest BCUT2D eigenvalue weighted by Crippen LogP contribution is -2.45.